The minimum Gasteiger partial charge on any atom is -0.352 e. The third-order valence-electron chi connectivity index (χ3n) is 4.62. The average molecular weight is 331 g/mol. The topological polar surface area (TPSA) is 61.4 Å². The maximum absolute atomic E-state index is 12.2. The molecule has 0 aliphatic heterocycles. The Labute approximate surface area is 144 Å². The molecular weight excluding hydrogens is 302 g/mol. The van der Waals surface area contributed by atoms with Gasteiger partial charge in [-0.1, -0.05) is 37.5 Å². The first-order valence-electron chi connectivity index (χ1n) is 8.78. The molecule has 0 spiro atoms. The molecule has 1 aliphatic carbocycles. The Kier molecular flexibility index (Phi) is 6.79. The average Bonchev–Trinajstić information content (AvgIpc) is 2.51. The summed E-state index contributed by atoms with van der Waals surface area (Å²) in [6.45, 7) is 4.64. The van der Waals surface area contributed by atoms with Crippen LogP contribution in [-0.4, -0.2) is 42.9 Å². The summed E-state index contributed by atoms with van der Waals surface area (Å²) in [4.78, 5) is 25.9. The van der Waals surface area contributed by atoms with Gasteiger partial charge in [0.05, 0.1) is 13.1 Å². The lowest BCUT2D eigenvalue weighted by Crippen LogP contribution is -2.46. The van der Waals surface area contributed by atoms with Gasteiger partial charge in [0.2, 0.25) is 11.8 Å². The van der Waals surface area contributed by atoms with Crippen molar-refractivity contribution in [3.63, 3.8) is 0 Å². The van der Waals surface area contributed by atoms with E-state index in [1.54, 1.807) is 11.9 Å². The molecule has 1 fully saturated rings. The summed E-state index contributed by atoms with van der Waals surface area (Å²) < 4.78 is 0. The van der Waals surface area contributed by atoms with Gasteiger partial charge in [0, 0.05) is 11.7 Å². The Hall–Kier alpha value is -1.88. The summed E-state index contributed by atoms with van der Waals surface area (Å²) in [5, 5.41) is 5.97. The molecule has 5 heteroatoms. The van der Waals surface area contributed by atoms with E-state index in [9.17, 15) is 9.59 Å². The second-order valence-electron chi connectivity index (χ2n) is 7.02. The largest absolute Gasteiger partial charge is 0.352 e. The summed E-state index contributed by atoms with van der Waals surface area (Å²) in [5.41, 5.74) is 1.93. The van der Waals surface area contributed by atoms with Gasteiger partial charge in [0.25, 0.3) is 0 Å². The Bertz CT molecular complexity index is 556. The van der Waals surface area contributed by atoms with E-state index in [1.165, 1.54) is 19.3 Å². The van der Waals surface area contributed by atoms with Crippen LogP contribution in [0.15, 0.2) is 24.3 Å². The molecule has 0 heterocycles. The molecule has 2 N–H and O–H groups in total. The maximum atomic E-state index is 12.2. The number of carbonyl (C=O) groups is 2. The number of nitrogens with zero attached hydrogens (tertiary/aromatic N) is 1. The highest BCUT2D eigenvalue weighted by Gasteiger charge is 2.23. The lowest BCUT2D eigenvalue weighted by molar-refractivity contribution is -0.124. The van der Waals surface area contributed by atoms with Crippen LogP contribution in [0, 0.1) is 12.8 Å². The molecule has 0 bridgehead atoms. The molecule has 0 saturated heterocycles. The van der Waals surface area contributed by atoms with Crippen molar-refractivity contribution >= 4 is 17.5 Å². The first kappa shape index (κ1) is 18.5. The highest BCUT2D eigenvalue weighted by atomic mass is 16.2. The lowest BCUT2D eigenvalue weighted by Gasteiger charge is -2.30. The second-order valence-corrected chi connectivity index (χ2v) is 7.02. The number of hydrogen-bond acceptors (Lipinski definition) is 3. The van der Waals surface area contributed by atoms with Gasteiger partial charge < -0.3 is 10.6 Å². The summed E-state index contributed by atoms with van der Waals surface area (Å²) in [5.74, 6) is 0.428. The molecule has 0 aromatic heterocycles. The highest BCUT2D eigenvalue weighted by molar-refractivity contribution is 5.92. The van der Waals surface area contributed by atoms with Gasteiger partial charge in [0.1, 0.15) is 0 Å². The molecule has 1 aromatic carbocycles. The molecule has 2 unspecified atom stereocenters. The van der Waals surface area contributed by atoms with Gasteiger partial charge in [-0.15, -0.1) is 0 Å². The fraction of sp³-hybridized carbons (Fsp3) is 0.579. The van der Waals surface area contributed by atoms with Crippen LogP contribution < -0.4 is 10.6 Å². The van der Waals surface area contributed by atoms with E-state index in [-0.39, 0.29) is 30.9 Å². The number of hydrogen-bond donors (Lipinski definition) is 2. The van der Waals surface area contributed by atoms with Crippen molar-refractivity contribution in [2.75, 3.05) is 25.5 Å². The lowest BCUT2D eigenvalue weighted by atomic mass is 9.86. The number of likely N-dealkylation sites (N-methyl/N-ethyl adjacent to an activating group) is 1. The molecule has 0 radical (unpaired) electrons. The summed E-state index contributed by atoms with van der Waals surface area (Å²) in [6.07, 6.45) is 4.68. The zero-order valence-corrected chi connectivity index (χ0v) is 15.0. The molecule has 132 valence electrons. The fourth-order valence-electron chi connectivity index (χ4n) is 3.17. The number of nitrogens with one attached hydrogen (secondary N) is 2. The van der Waals surface area contributed by atoms with Crippen LogP contribution in [0.4, 0.5) is 5.69 Å². The standard InChI is InChI=1S/C19H29N3O2/c1-14-8-10-16(11-9-14)20-18(23)12-22(3)13-19(24)21-17-7-5-4-6-15(17)2/h8-11,15,17H,4-7,12-13H2,1-3H3,(H,20,23)(H,21,24). The summed E-state index contributed by atoms with van der Waals surface area (Å²) >= 11 is 0. The monoisotopic (exact) mass is 331 g/mol. The van der Waals surface area contributed by atoms with Crippen LogP contribution in [0.25, 0.3) is 0 Å². The molecule has 2 atom stereocenters. The van der Waals surface area contributed by atoms with Gasteiger partial charge in [-0.3, -0.25) is 14.5 Å². The smallest absolute Gasteiger partial charge is 0.238 e. The molecule has 2 rings (SSSR count). The molecule has 1 aromatic rings. The summed E-state index contributed by atoms with van der Waals surface area (Å²) in [7, 11) is 1.79. The van der Waals surface area contributed by atoms with Gasteiger partial charge >= 0.3 is 0 Å². The Morgan fingerprint density at radius 1 is 1.08 bits per heavy atom. The first-order chi connectivity index (χ1) is 11.4. The fourth-order valence-corrected chi connectivity index (χ4v) is 3.17. The van der Waals surface area contributed by atoms with E-state index < -0.39 is 0 Å². The zero-order chi connectivity index (χ0) is 17.5. The van der Waals surface area contributed by atoms with Gasteiger partial charge in [-0.2, -0.15) is 0 Å². The van der Waals surface area contributed by atoms with Crippen molar-refractivity contribution in [3.8, 4) is 0 Å². The van der Waals surface area contributed by atoms with Gasteiger partial charge in [0.15, 0.2) is 0 Å². The van der Waals surface area contributed by atoms with Gasteiger partial charge in [-0.25, -0.2) is 0 Å². The zero-order valence-electron chi connectivity index (χ0n) is 15.0. The van der Waals surface area contributed by atoms with E-state index in [1.807, 2.05) is 31.2 Å². The molecular formula is C19H29N3O2. The quantitative estimate of drug-likeness (QED) is 0.842. The van der Waals surface area contributed by atoms with Crippen LogP contribution >= 0.6 is 0 Å². The number of amides is 2. The van der Waals surface area contributed by atoms with Crippen LogP contribution in [0.5, 0.6) is 0 Å². The van der Waals surface area contributed by atoms with Crippen molar-refractivity contribution in [2.45, 2.75) is 45.6 Å². The van der Waals surface area contributed by atoms with Crippen LogP contribution in [0.3, 0.4) is 0 Å². The summed E-state index contributed by atoms with van der Waals surface area (Å²) in [6, 6.07) is 7.95. The third-order valence-corrected chi connectivity index (χ3v) is 4.62. The minimum absolute atomic E-state index is 0.000569. The minimum atomic E-state index is -0.111. The Balaban J connectivity index is 1.73. The van der Waals surface area contributed by atoms with Crippen molar-refractivity contribution < 1.29 is 9.59 Å². The predicted molar refractivity (Wildman–Crippen MR) is 96.9 cm³/mol. The van der Waals surface area contributed by atoms with E-state index >= 15 is 0 Å². The van der Waals surface area contributed by atoms with E-state index in [0.29, 0.717) is 5.92 Å². The maximum Gasteiger partial charge on any atom is 0.238 e. The molecule has 1 saturated carbocycles. The Morgan fingerprint density at radius 2 is 1.71 bits per heavy atom. The highest BCUT2D eigenvalue weighted by Crippen LogP contribution is 2.23. The van der Waals surface area contributed by atoms with E-state index in [4.69, 9.17) is 0 Å². The first-order valence-corrected chi connectivity index (χ1v) is 8.78. The second kappa shape index (κ2) is 8.83. The van der Waals surface area contributed by atoms with Crippen molar-refractivity contribution in [1.29, 1.82) is 0 Å². The predicted octanol–water partition coefficient (Wildman–Crippen LogP) is 2.56. The van der Waals surface area contributed by atoms with Crippen LogP contribution in [0.1, 0.15) is 38.2 Å². The number of aryl methyl sites for hydroxylation is 1. The molecule has 2 amide bonds. The molecule has 5 nitrogen and oxygen atoms in total. The number of anilines is 1. The SMILES string of the molecule is Cc1ccc(NC(=O)CN(C)CC(=O)NC2CCCCC2C)cc1. The van der Waals surface area contributed by atoms with E-state index in [2.05, 4.69) is 17.6 Å². The Morgan fingerprint density at radius 3 is 2.38 bits per heavy atom. The third kappa shape index (κ3) is 5.96. The van der Waals surface area contributed by atoms with Crippen LogP contribution in [-0.2, 0) is 9.59 Å². The van der Waals surface area contributed by atoms with E-state index in [0.717, 1.165) is 17.7 Å². The number of benzene rings is 1. The molecule has 24 heavy (non-hydrogen) atoms. The van der Waals surface area contributed by atoms with Crippen LogP contribution in [0.2, 0.25) is 0 Å². The normalized spacial score (nSPS) is 20.7. The van der Waals surface area contributed by atoms with Crippen molar-refractivity contribution in [2.24, 2.45) is 5.92 Å². The van der Waals surface area contributed by atoms with Crippen molar-refractivity contribution in [3.05, 3.63) is 29.8 Å². The van der Waals surface area contributed by atoms with Gasteiger partial charge in [-0.05, 0) is 44.9 Å². The van der Waals surface area contributed by atoms with Crippen molar-refractivity contribution in [1.82, 2.24) is 10.2 Å². The number of carbonyl (C=O) groups excluding carboxylic acids is 2. The number of rotatable bonds is 6. The molecule has 1 aliphatic rings.